The van der Waals surface area contributed by atoms with E-state index in [1.807, 2.05) is 24.3 Å². The Kier molecular flexibility index (Phi) is 6.05. The zero-order chi connectivity index (χ0) is 19.2. The Morgan fingerprint density at radius 3 is 2.85 bits per heavy atom. The Morgan fingerprint density at radius 1 is 1.22 bits per heavy atom. The number of hydrogen-bond donors (Lipinski definition) is 3. The summed E-state index contributed by atoms with van der Waals surface area (Å²) in [5, 5.41) is 19.2. The summed E-state index contributed by atoms with van der Waals surface area (Å²) in [4.78, 5) is 37.5. The van der Waals surface area contributed by atoms with E-state index in [2.05, 4.69) is 15.5 Å². The quantitative estimate of drug-likeness (QED) is 0.687. The number of likely N-dealkylation sites (tertiary alicyclic amines) is 1. The molecule has 0 radical (unpaired) electrons. The highest BCUT2D eigenvalue weighted by Crippen LogP contribution is 2.21. The van der Waals surface area contributed by atoms with Gasteiger partial charge in [-0.15, -0.1) is 0 Å². The third-order valence-corrected chi connectivity index (χ3v) is 4.95. The van der Waals surface area contributed by atoms with Crippen molar-refractivity contribution < 1.29 is 19.5 Å². The number of benzene rings is 1. The van der Waals surface area contributed by atoms with Crippen molar-refractivity contribution in [2.45, 2.75) is 44.6 Å². The van der Waals surface area contributed by atoms with Crippen LogP contribution in [0.15, 0.2) is 24.3 Å². The first kappa shape index (κ1) is 18.9. The summed E-state index contributed by atoms with van der Waals surface area (Å²) < 4.78 is 0. The number of aromatic amines is 1. The summed E-state index contributed by atoms with van der Waals surface area (Å²) >= 11 is 0. The summed E-state index contributed by atoms with van der Waals surface area (Å²) in [5.41, 5.74) is 1.10. The first-order chi connectivity index (χ1) is 13.1. The number of H-pyrrole nitrogens is 1. The van der Waals surface area contributed by atoms with E-state index in [9.17, 15) is 14.4 Å². The van der Waals surface area contributed by atoms with Crippen LogP contribution in [0, 0.1) is 0 Å². The summed E-state index contributed by atoms with van der Waals surface area (Å²) in [5.74, 6) is -1.20. The smallest absolute Gasteiger partial charge is 0.303 e. The van der Waals surface area contributed by atoms with E-state index in [4.69, 9.17) is 5.11 Å². The van der Waals surface area contributed by atoms with Gasteiger partial charge in [-0.05, 0) is 31.7 Å². The fourth-order valence-corrected chi connectivity index (χ4v) is 3.57. The number of nitrogens with one attached hydrogen (secondary N) is 2. The maximum absolute atomic E-state index is 12.5. The number of aromatic nitrogens is 2. The van der Waals surface area contributed by atoms with Crippen LogP contribution >= 0.6 is 0 Å². The lowest BCUT2D eigenvalue weighted by Crippen LogP contribution is -2.45. The first-order valence-electron chi connectivity index (χ1n) is 9.29. The normalized spacial score (nSPS) is 17.0. The number of carbonyl (C=O) groups is 3. The SMILES string of the molecule is O=C(O)CCC1CCCCN1C(=O)CCNC(=O)c1n[nH]c2ccccc12. The Hall–Kier alpha value is -2.90. The van der Waals surface area contributed by atoms with Gasteiger partial charge in [0.15, 0.2) is 5.69 Å². The zero-order valence-electron chi connectivity index (χ0n) is 15.1. The van der Waals surface area contributed by atoms with Gasteiger partial charge in [0, 0.05) is 37.4 Å². The van der Waals surface area contributed by atoms with Crippen LogP contribution in [-0.4, -0.2) is 57.1 Å². The molecule has 1 aliphatic heterocycles. The molecule has 1 saturated heterocycles. The van der Waals surface area contributed by atoms with E-state index in [0.717, 1.165) is 30.2 Å². The van der Waals surface area contributed by atoms with Crippen LogP contribution in [-0.2, 0) is 9.59 Å². The molecule has 8 nitrogen and oxygen atoms in total. The third-order valence-electron chi connectivity index (χ3n) is 4.95. The number of aliphatic carboxylic acids is 1. The van der Waals surface area contributed by atoms with E-state index in [1.165, 1.54) is 0 Å². The van der Waals surface area contributed by atoms with Gasteiger partial charge in [-0.3, -0.25) is 19.5 Å². The van der Waals surface area contributed by atoms with E-state index < -0.39 is 5.97 Å². The molecule has 144 valence electrons. The number of carbonyl (C=O) groups excluding carboxylic acids is 2. The molecule has 27 heavy (non-hydrogen) atoms. The number of rotatable bonds is 7. The fraction of sp³-hybridized carbons (Fsp3) is 0.474. The summed E-state index contributed by atoms with van der Waals surface area (Å²) in [7, 11) is 0. The van der Waals surface area contributed by atoms with Crippen LogP contribution < -0.4 is 5.32 Å². The zero-order valence-corrected chi connectivity index (χ0v) is 15.1. The molecule has 3 rings (SSSR count). The van der Waals surface area contributed by atoms with Gasteiger partial charge in [0.05, 0.1) is 5.52 Å². The summed E-state index contributed by atoms with van der Waals surface area (Å²) in [6, 6.07) is 7.34. The third kappa shape index (κ3) is 4.64. The average Bonchev–Trinajstić information content (AvgIpc) is 3.10. The van der Waals surface area contributed by atoms with Crippen molar-refractivity contribution in [3.8, 4) is 0 Å². The van der Waals surface area contributed by atoms with E-state index in [-0.39, 0.29) is 37.2 Å². The van der Waals surface area contributed by atoms with Crippen molar-refractivity contribution in [3.05, 3.63) is 30.0 Å². The fourth-order valence-electron chi connectivity index (χ4n) is 3.57. The van der Waals surface area contributed by atoms with Crippen molar-refractivity contribution in [2.24, 2.45) is 0 Å². The van der Waals surface area contributed by atoms with Crippen molar-refractivity contribution in [2.75, 3.05) is 13.1 Å². The Morgan fingerprint density at radius 2 is 2.04 bits per heavy atom. The van der Waals surface area contributed by atoms with Crippen LogP contribution in [0.1, 0.15) is 49.0 Å². The number of fused-ring (bicyclic) bond motifs is 1. The van der Waals surface area contributed by atoms with Gasteiger partial charge in [0.1, 0.15) is 0 Å². The van der Waals surface area contributed by atoms with Gasteiger partial charge >= 0.3 is 5.97 Å². The molecule has 2 aromatic rings. The van der Waals surface area contributed by atoms with Gasteiger partial charge in [-0.25, -0.2) is 0 Å². The van der Waals surface area contributed by atoms with Gasteiger partial charge in [-0.1, -0.05) is 18.2 Å². The van der Waals surface area contributed by atoms with E-state index >= 15 is 0 Å². The second-order valence-electron chi connectivity index (χ2n) is 6.79. The number of piperidine rings is 1. The molecule has 1 aliphatic rings. The van der Waals surface area contributed by atoms with Gasteiger partial charge < -0.3 is 15.3 Å². The van der Waals surface area contributed by atoms with E-state index in [0.29, 0.717) is 18.7 Å². The molecule has 1 aromatic carbocycles. The van der Waals surface area contributed by atoms with Crippen LogP contribution in [0.5, 0.6) is 0 Å². The predicted octanol–water partition coefficient (Wildman–Crippen LogP) is 1.93. The highest BCUT2D eigenvalue weighted by atomic mass is 16.4. The number of hydrogen-bond acceptors (Lipinski definition) is 4. The van der Waals surface area contributed by atoms with Crippen molar-refractivity contribution in [1.29, 1.82) is 0 Å². The number of amides is 2. The van der Waals surface area contributed by atoms with Gasteiger partial charge in [0.2, 0.25) is 5.91 Å². The molecule has 0 bridgehead atoms. The number of carboxylic acid groups (broad SMARTS) is 1. The summed E-state index contributed by atoms with van der Waals surface area (Å²) in [6.07, 6.45) is 3.52. The second kappa shape index (κ2) is 8.66. The largest absolute Gasteiger partial charge is 0.481 e. The number of nitrogens with zero attached hydrogens (tertiary/aromatic N) is 2. The Labute approximate surface area is 156 Å². The first-order valence-corrected chi connectivity index (χ1v) is 9.29. The molecule has 1 atom stereocenters. The molecule has 2 amide bonds. The highest BCUT2D eigenvalue weighted by Gasteiger charge is 2.26. The average molecular weight is 372 g/mol. The molecule has 1 fully saturated rings. The second-order valence-corrected chi connectivity index (χ2v) is 6.79. The topological polar surface area (TPSA) is 115 Å². The minimum atomic E-state index is -0.841. The van der Waals surface area contributed by atoms with E-state index in [1.54, 1.807) is 4.90 Å². The minimum Gasteiger partial charge on any atom is -0.481 e. The molecule has 2 heterocycles. The maximum Gasteiger partial charge on any atom is 0.303 e. The molecule has 0 aliphatic carbocycles. The standard InChI is InChI=1S/C19H24N4O4/c24-16(23-12-4-3-5-13(23)8-9-17(25)26)10-11-20-19(27)18-14-6-1-2-7-15(14)21-22-18/h1-2,6-7,13H,3-5,8-12H2,(H,20,27)(H,21,22)(H,25,26). The highest BCUT2D eigenvalue weighted by molar-refractivity contribution is 6.04. The minimum absolute atomic E-state index is 0.0201. The van der Waals surface area contributed by atoms with Crippen LogP contribution in [0.3, 0.4) is 0 Å². The molecule has 1 aromatic heterocycles. The lowest BCUT2D eigenvalue weighted by atomic mass is 9.97. The molecule has 0 spiro atoms. The van der Waals surface area contributed by atoms with Gasteiger partial charge in [-0.2, -0.15) is 5.10 Å². The Bertz CT molecular complexity index is 832. The van der Waals surface area contributed by atoms with Gasteiger partial charge in [0.25, 0.3) is 5.91 Å². The lowest BCUT2D eigenvalue weighted by molar-refractivity contribution is -0.140. The molecule has 0 saturated carbocycles. The molecule has 1 unspecified atom stereocenters. The molecule has 8 heteroatoms. The van der Waals surface area contributed by atoms with Crippen LogP contribution in [0.2, 0.25) is 0 Å². The summed E-state index contributed by atoms with van der Waals surface area (Å²) in [6.45, 7) is 0.877. The molecule has 3 N–H and O–H groups in total. The van der Waals surface area contributed by atoms with Crippen LogP contribution in [0.25, 0.3) is 10.9 Å². The monoisotopic (exact) mass is 372 g/mol. The molecular weight excluding hydrogens is 348 g/mol. The van der Waals surface area contributed by atoms with Crippen molar-refractivity contribution in [1.82, 2.24) is 20.4 Å². The number of para-hydroxylation sites is 1. The lowest BCUT2D eigenvalue weighted by Gasteiger charge is -2.35. The van der Waals surface area contributed by atoms with Crippen molar-refractivity contribution in [3.63, 3.8) is 0 Å². The maximum atomic E-state index is 12.5. The number of carboxylic acids is 1. The van der Waals surface area contributed by atoms with Crippen molar-refractivity contribution >= 4 is 28.7 Å². The van der Waals surface area contributed by atoms with Crippen LogP contribution in [0.4, 0.5) is 0 Å². The predicted molar refractivity (Wildman–Crippen MR) is 99.3 cm³/mol. The Balaban J connectivity index is 1.52. The molecular formula is C19H24N4O4.